The summed E-state index contributed by atoms with van der Waals surface area (Å²) in [5, 5.41) is 14.6. The number of hydrogen-bond donors (Lipinski definition) is 2. The fourth-order valence-corrected chi connectivity index (χ4v) is 2.58. The highest BCUT2D eigenvalue weighted by Gasteiger charge is 2.54. The molecule has 110 valence electrons. The van der Waals surface area contributed by atoms with Gasteiger partial charge in [-0.1, -0.05) is 0 Å². The maximum Gasteiger partial charge on any atom is 0.313 e. The zero-order valence-electron chi connectivity index (χ0n) is 11.3. The topological polar surface area (TPSA) is 114 Å². The maximum atomic E-state index is 11.3. The zero-order chi connectivity index (χ0) is 15.1. The number of carboxylic acid groups (broad SMARTS) is 1. The standard InChI is InChI=1S/C12H16N2O6/c1-5(15)13-8-7(14-18)4-6(11(16)17)9-10(8)20-12(2,3)19-9/h4,6,8-10H,1-3H3,(H,13,15)(H,16,17)/t6?,8-,9-,10+/m1/s1. The van der Waals surface area contributed by atoms with Crippen molar-refractivity contribution in [3.63, 3.8) is 0 Å². The lowest BCUT2D eigenvalue weighted by Crippen LogP contribution is -2.53. The summed E-state index contributed by atoms with van der Waals surface area (Å²) in [6, 6.07) is -0.813. The first-order valence-electron chi connectivity index (χ1n) is 6.16. The number of carbonyl (C=O) groups excluding carboxylic acids is 1. The van der Waals surface area contributed by atoms with Crippen LogP contribution in [0.1, 0.15) is 20.8 Å². The van der Waals surface area contributed by atoms with E-state index in [1.54, 1.807) is 13.8 Å². The third kappa shape index (κ3) is 2.56. The van der Waals surface area contributed by atoms with Gasteiger partial charge in [0.2, 0.25) is 5.91 Å². The molecule has 1 aliphatic carbocycles. The normalized spacial score (nSPS) is 34.9. The van der Waals surface area contributed by atoms with Crippen LogP contribution in [-0.2, 0) is 19.1 Å². The molecule has 2 rings (SSSR count). The van der Waals surface area contributed by atoms with Crippen LogP contribution in [0.25, 0.3) is 0 Å². The fourth-order valence-electron chi connectivity index (χ4n) is 2.58. The van der Waals surface area contributed by atoms with E-state index in [0.717, 1.165) is 0 Å². The quantitative estimate of drug-likeness (QED) is 0.724. The molecule has 0 saturated carbocycles. The van der Waals surface area contributed by atoms with Crippen LogP contribution >= 0.6 is 0 Å². The van der Waals surface area contributed by atoms with E-state index in [2.05, 4.69) is 10.5 Å². The van der Waals surface area contributed by atoms with Crippen molar-refractivity contribution in [2.45, 2.75) is 44.8 Å². The van der Waals surface area contributed by atoms with E-state index in [0.29, 0.717) is 0 Å². The van der Waals surface area contributed by atoms with E-state index >= 15 is 0 Å². The van der Waals surface area contributed by atoms with Crippen molar-refractivity contribution in [3.8, 4) is 0 Å². The summed E-state index contributed by atoms with van der Waals surface area (Å²) >= 11 is 0. The Morgan fingerprint density at radius 2 is 1.95 bits per heavy atom. The first-order chi connectivity index (χ1) is 9.25. The Kier molecular flexibility index (Phi) is 3.61. The van der Waals surface area contributed by atoms with Crippen LogP contribution in [0.4, 0.5) is 0 Å². The average Bonchev–Trinajstić information content (AvgIpc) is 2.63. The molecule has 1 unspecified atom stereocenters. The highest BCUT2D eigenvalue weighted by Crippen LogP contribution is 2.39. The Balaban J connectivity index is 2.41. The summed E-state index contributed by atoms with van der Waals surface area (Å²) in [6.07, 6.45) is -0.348. The van der Waals surface area contributed by atoms with Gasteiger partial charge in [-0.2, -0.15) is 0 Å². The molecule has 0 aromatic carbocycles. The first-order valence-corrected chi connectivity index (χ1v) is 6.16. The van der Waals surface area contributed by atoms with Crippen molar-refractivity contribution in [2.24, 2.45) is 11.1 Å². The van der Waals surface area contributed by atoms with Crippen LogP contribution in [-0.4, -0.2) is 41.0 Å². The minimum atomic E-state index is -1.14. The van der Waals surface area contributed by atoms with Crippen molar-refractivity contribution >= 4 is 11.9 Å². The molecule has 0 aromatic rings. The average molecular weight is 284 g/mol. The number of nitrogens with one attached hydrogen (secondary N) is 1. The van der Waals surface area contributed by atoms with Gasteiger partial charge in [-0.3, -0.25) is 9.59 Å². The number of carbonyl (C=O) groups is 2. The smallest absolute Gasteiger partial charge is 0.313 e. The van der Waals surface area contributed by atoms with Gasteiger partial charge in [0.05, 0.1) is 0 Å². The minimum Gasteiger partial charge on any atom is -0.481 e. The third-order valence-corrected chi connectivity index (χ3v) is 3.26. The number of nitroso groups, excluding NO2 is 1. The van der Waals surface area contributed by atoms with Crippen LogP contribution in [0.2, 0.25) is 0 Å². The van der Waals surface area contributed by atoms with Gasteiger partial charge in [-0.25, -0.2) is 0 Å². The van der Waals surface area contributed by atoms with Gasteiger partial charge in [0, 0.05) is 6.92 Å². The third-order valence-electron chi connectivity index (χ3n) is 3.26. The molecule has 2 aliphatic rings. The van der Waals surface area contributed by atoms with Gasteiger partial charge in [-0.05, 0) is 25.1 Å². The summed E-state index contributed by atoms with van der Waals surface area (Å²) in [4.78, 5) is 33.4. The molecule has 2 N–H and O–H groups in total. The van der Waals surface area contributed by atoms with Gasteiger partial charge in [-0.15, -0.1) is 4.91 Å². The van der Waals surface area contributed by atoms with Gasteiger partial charge >= 0.3 is 5.97 Å². The fraction of sp³-hybridized carbons (Fsp3) is 0.667. The van der Waals surface area contributed by atoms with Gasteiger partial charge in [0.15, 0.2) is 5.79 Å². The Hall–Kier alpha value is -1.80. The lowest BCUT2D eigenvalue weighted by Gasteiger charge is -2.32. The number of carboxylic acids is 1. The second kappa shape index (κ2) is 4.95. The van der Waals surface area contributed by atoms with E-state index in [9.17, 15) is 19.6 Å². The SMILES string of the molecule is CC(=O)N[C@@H]1C(N=O)=CC(C(=O)O)[C@H]2OC(C)(C)O[C@@H]12. The highest BCUT2D eigenvalue weighted by atomic mass is 16.8. The van der Waals surface area contributed by atoms with E-state index < -0.39 is 35.9 Å². The molecule has 1 saturated heterocycles. The number of rotatable bonds is 3. The molecule has 4 atom stereocenters. The summed E-state index contributed by atoms with van der Waals surface area (Å²) in [5.41, 5.74) is -0.0600. The molecular weight excluding hydrogens is 268 g/mol. The number of ether oxygens (including phenoxy) is 2. The molecule has 0 aromatic heterocycles. The number of amides is 1. The van der Waals surface area contributed by atoms with Crippen LogP contribution in [0.5, 0.6) is 0 Å². The molecule has 0 spiro atoms. The number of aliphatic carboxylic acids is 1. The van der Waals surface area contributed by atoms with Crippen LogP contribution in [0, 0.1) is 10.8 Å². The summed E-state index contributed by atoms with van der Waals surface area (Å²) in [6.45, 7) is 4.58. The molecule has 8 nitrogen and oxygen atoms in total. The molecular formula is C12H16N2O6. The molecule has 1 heterocycles. The molecule has 20 heavy (non-hydrogen) atoms. The van der Waals surface area contributed by atoms with Crippen molar-refractivity contribution in [1.82, 2.24) is 5.32 Å². The van der Waals surface area contributed by atoms with Crippen molar-refractivity contribution < 1.29 is 24.2 Å². The monoisotopic (exact) mass is 284 g/mol. The summed E-state index contributed by atoms with van der Waals surface area (Å²) in [5.74, 6) is -3.54. The minimum absolute atomic E-state index is 0.0600. The number of hydrogen-bond acceptors (Lipinski definition) is 6. The Morgan fingerprint density at radius 1 is 1.35 bits per heavy atom. The number of fused-ring (bicyclic) bond motifs is 1. The molecule has 0 radical (unpaired) electrons. The zero-order valence-corrected chi connectivity index (χ0v) is 11.3. The molecule has 8 heteroatoms. The summed E-state index contributed by atoms with van der Waals surface area (Å²) in [7, 11) is 0. The van der Waals surface area contributed by atoms with Crippen molar-refractivity contribution in [3.05, 3.63) is 16.7 Å². The highest BCUT2D eigenvalue weighted by molar-refractivity contribution is 5.76. The van der Waals surface area contributed by atoms with E-state index in [1.807, 2.05) is 0 Å². The van der Waals surface area contributed by atoms with Crippen molar-refractivity contribution in [2.75, 3.05) is 0 Å². The Bertz CT molecular complexity index is 486. The molecule has 1 aliphatic heterocycles. The van der Waals surface area contributed by atoms with E-state index in [4.69, 9.17) is 9.47 Å². The largest absolute Gasteiger partial charge is 0.481 e. The Morgan fingerprint density at radius 3 is 2.45 bits per heavy atom. The number of nitrogens with zero attached hydrogens (tertiary/aromatic N) is 1. The maximum absolute atomic E-state index is 11.3. The predicted octanol–water partition coefficient (Wildman–Crippen LogP) is 0.376. The van der Waals surface area contributed by atoms with Crippen LogP contribution in [0.3, 0.4) is 0 Å². The van der Waals surface area contributed by atoms with Crippen LogP contribution in [0.15, 0.2) is 16.9 Å². The van der Waals surface area contributed by atoms with E-state index in [-0.39, 0.29) is 11.6 Å². The van der Waals surface area contributed by atoms with Crippen molar-refractivity contribution in [1.29, 1.82) is 0 Å². The van der Waals surface area contributed by atoms with Gasteiger partial charge < -0.3 is 19.9 Å². The molecule has 1 fully saturated rings. The lowest BCUT2D eigenvalue weighted by molar-refractivity contribution is -0.157. The van der Waals surface area contributed by atoms with Crippen LogP contribution < -0.4 is 5.32 Å². The summed E-state index contributed by atoms with van der Waals surface area (Å²) < 4.78 is 11.2. The predicted molar refractivity (Wildman–Crippen MR) is 66.4 cm³/mol. The van der Waals surface area contributed by atoms with Gasteiger partial charge in [0.1, 0.15) is 29.9 Å². The first kappa shape index (κ1) is 14.6. The Labute approximate surface area is 115 Å². The van der Waals surface area contributed by atoms with Gasteiger partial charge in [0.25, 0.3) is 0 Å². The lowest BCUT2D eigenvalue weighted by atomic mass is 9.85. The second-order valence-corrected chi connectivity index (χ2v) is 5.29. The molecule has 0 bridgehead atoms. The molecule has 1 amide bonds. The van der Waals surface area contributed by atoms with E-state index in [1.165, 1.54) is 13.0 Å². The second-order valence-electron chi connectivity index (χ2n) is 5.29.